The fourth-order valence-corrected chi connectivity index (χ4v) is 2.12. The second kappa shape index (κ2) is 3.76. The van der Waals surface area contributed by atoms with Gasteiger partial charge >= 0.3 is 0 Å². The largest absolute Gasteiger partial charge is 0.497 e. The number of aromatic nitrogens is 2. The second-order valence-corrected chi connectivity index (χ2v) is 4.14. The summed E-state index contributed by atoms with van der Waals surface area (Å²) in [6.07, 6.45) is 0.364. The molecular weight excluding hydrogens is 232 g/mol. The lowest BCUT2D eigenvalue weighted by atomic mass is 10.0. The van der Waals surface area contributed by atoms with Crippen LogP contribution in [-0.4, -0.2) is 23.2 Å². The Kier molecular flexibility index (Phi) is 2.22. The van der Waals surface area contributed by atoms with Crippen LogP contribution < -0.4 is 15.8 Å². The molecule has 2 heterocycles. The molecule has 1 amide bonds. The minimum atomic E-state index is -0.0213. The van der Waals surface area contributed by atoms with Gasteiger partial charge in [-0.1, -0.05) is 0 Å². The number of ether oxygens (including phenoxy) is 1. The third kappa shape index (κ3) is 1.58. The summed E-state index contributed by atoms with van der Waals surface area (Å²) in [7, 11) is 1.59. The fraction of sp³-hybridized carbons (Fsp3) is 0.167. The van der Waals surface area contributed by atoms with Crippen LogP contribution in [0.1, 0.15) is 5.56 Å². The number of methoxy groups -OCH3 is 1. The number of hydrogen-bond acceptors (Lipinski definition) is 4. The minimum Gasteiger partial charge on any atom is -0.497 e. The Labute approximate surface area is 103 Å². The van der Waals surface area contributed by atoms with Crippen molar-refractivity contribution in [3.05, 3.63) is 23.8 Å². The van der Waals surface area contributed by atoms with Gasteiger partial charge in [-0.2, -0.15) is 5.10 Å². The van der Waals surface area contributed by atoms with Crippen LogP contribution in [0.15, 0.2) is 18.2 Å². The SMILES string of the molecule is COc1cc2c(c(-c3cc(N)n[nH]3)c1)NC(=O)C2. The van der Waals surface area contributed by atoms with Crippen LogP contribution in [0.2, 0.25) is 0 Å². The standard InChI is InChI=1S/C12H12N4O2/c1-18-7-2-6-3-11(17)14-12(6)8(4-7)9-5-10(13)16-15-9/h2,4-5H,3H2,1H3,(H,14,17)(H3,13,15,16). The van der Waals surface area contributed by atoms with Crippen LogP contribution >= 0.6 is 0 Å². The van der Waals surface area contributed by atoms with Crippen LogP contribution in [0.3, 0.4) is 0 Å². The number of nitrogens with two attached hydrogens (primary N) is 1. The Morgan fingerprint density at radius 3 is 2.89 bits per heavy atom. The highest BCUT2D eigenvalue weighted by atomic mass is 16.5. The molecule has 1 aromatic carbocycles. The molecule has 1 aliphatic rings. The van der Waals surface area contributed by atoms with E-state index in [2.05, 4.69) is 15.5 Å². The summed E-state index contributed by atoms with van der Waals surface area (Å²) in [6, 6.07) is 5.42. The van der Waals surface area contributed by atoms with E-state index in [0.29, 0.717) is 18.0 Å². The van der Waals surface area contributed by atoms with E-state index in [1.807, 2.05) is 12.1 Å². The maximum atomic E-state index is 11.5. The quantitative estimate of drug-likeness (QED) is 0.739. The summed E-state index contributed by atoms with van der Waals surface area (Å²) in [5.74, 6) is 1.09. The number of hydrogen-bond donors (Lipinski definition) is 3. The van der Waals surface area contributed by atoms with E-state index in [4.69, 9.17) is 10.5 Å². The van der Waals surface area contributed by atoms with Gasteiger partial charge in [-0.3, -0.25) is 9.89 Å². The first-order valence-electron chi connectivity index (χ1n) is 5.49. The maximum Gasteiger partial charge on any atom is 0.228 e. The summed E-state index contributed by atoms with van der Waals surface area (Å²) >= 11 is 0. The molecule has 18 heavy (non-hydrogen) atoms. The Morgan fingerprint density at radius 1 is 1.39 bits per heavy atom. The number of nitrogens with zero attached hydrogens (tertiary/aromatic N) is 1. The maximum absolute atomic E-state index is 11.5. The molecule has 6 nitrogen and oxygen atoms in total. The summed E-state index contributed by atoms with van der Waals surface area (Å²) in [5.41, 5.74) is 8.90. The van der Waals surface area contributed by atoms with Crippen molar-refractivity contribution in [3.63, 3.8) is 0 Å². The summed E-state index contributed by atoms with van der Waals surface area (Å²) in [5, 5.41) is 9.57. The van der Waals surface area contributed by atoms with Crippen molar-refractivity contribution in [1.82, 2.24) is 10.2 Å². The molecule has 0 fully saturated rings. The van der Waals surface area contributed by atoms with E-state index in [1.54, 1.807) is 13.2 Å². The van der Waals surface area contributed by atoms with Crippen LogP contribution in [0.5, 0.6) is 5.75 Å². The van der Waals surface area contributed by atoms with Gasteiger partial charge in [-0.25, -0.2) is 0 Å². The predicted octanol–water partition coefficient (Wildman–Crippen LogP) is 1.16. The Balaban J connectivity index is 2.19. The molecule has 92 valence electrons. The van der Waals surface area contributed by atoms with E-state index in [1.165, 1.54) is 0 Å². The number of nitrogen functional groups attached to an aromatic ring is 1. The van der Waals surface area contributed by atoms with E-state index in [-0.39, 0.29) is 5.91 Å². The zero-order valence-electron chi connectivity index (χ0n) is 9.78. The van der Waals surface area contributed by atoms with Gasteiger partial charge in [-0.05, 0) is 17.7 Å². The first-order chi connectivity index (χ1) is 8.67. The molecule has 6 heteroatoms. The van der Waals surface area contributed by atoms with Gasteiger partial charge in [-0.15, -0.1) is 0 Å². The van der Waals surface area contributed by atoms with Gasteiger partial charge in [0, 0.05) is 11.6 Å². The van der Waals surface area contributed by atoms with Gasteiger partial charge in [0.05, 0.1) is 24.9 Å². The first kappa shape index (κ1) is 10.6. The first-order valence-corrected chi connectivity index (χ1v) is 5.49. The number of carbonyl (C=O) groups excluding carboxylic acids is 1. The van der Waals surface area contributed by atoms with Gasteiger partial charge in [0.2, 0.25) is 5.91 Å². The van der Waals surface area contributed by atoms with Crippen molar-refractivity contribution in [1.29, 1.82) is 0 Å². The topological polar surface area (TPSA) is 93.0 Å². The summed E-state index contributed by atoms with van der Waals surface area (Å²) in [4.78, 5) is 11.5. The van der Waals surface area contributed by atoms with Crippen molar-refractivity contribution in [2.45, 2.75) is 6.42 Å². The van der Waals surface area contributed by atoms with Crippen molar-refractivity contribution in [2.75, 3.05) is 18.2 Å². The lowest BCUT2D eigenvalue weighted by molar-refractivity contribution is -0.115. The van der Waals surface area contributed by atoms with Crippen LogP contribution in [0.4, 0.5) is 11.5 Å². The number of anilines is 2. The molecule has 0 atom stereocenters. The molecule has 3 rings (SSSR count). The Hall–Kier alpha value is -2.50. The van der Waals surface area contributed by atoms with Gasteiger partial charge < -0.3 is 15.8 Å². The van der Waals surface area contributed by atoms with Gasteiger partial charge in [0.15, 0.2) is 0 Å². The zero-order chi connectivity index (χ0) is 12.7. The number of carbonyl (C=O) groups is 1. The number of amides is 1. The van der Waals surface area contributed by atoms with E-state index < -0.39 is 0 Å². The molecule has 0 unspecified atom stereocenters. The molecule has 0 bridgehead atoms. The number of H-pyrrole nitrogens is 1. The molecule has 0 radical (unpaired) electrons. The number of fused-ring (bicyclic) bond motifs is 1. The molecule has 0 spiro atoms. The molecular formula is C12H12N4O2. The van der Waals surface area contributed by atoms with Crippen LogP contribution in [0, 0.1) is 0 Å². The van der Waals surface area contributed by atoms with Gasteiger partial charge in [0.25, 0.3) is 0 Å². The highest BCUT2D eigenvalue weighted by molar-refractivity contribution is 6.04. The van der Waals surface area contributed by atoms with Crippen molar-refractivity contribution >= 4 is 17.4 Å². The molecule has 1 aliphatic heterocycles. The average molecular weight is 244 g/mol. The van der Waals surface area contributed by atoms with Crippen LogP contribution in [-0.2, 0) is 11.2 Å². The minimum absolute atomic E-state index is 0.0213. The summed E-state index contributed by atoms with van der Waals surface area (Å²) in [6.45, 7) is 0. The molecule has 0 saturated heterocycles. The average Bonchev–Trinajstić information content (AvgIpc) is 2.92. The molecule has 4 N–H and O–H groups in total. The molecule has 0 saturated carbocycles. The Bertz CT molecular complexity index is 633. The third-order valence-corrected chi connectivity index (χ3v) is 2.93. The second-order valence-electron chi connectivity index (χ2n) is 4.14. The lowest BCUT2D eigenvalue weighted by Crippen LogP contribution is -2.04. The zero-order valence-corrected chi connectivity index (χ0v) is 9.78. The number of nitrogens with one attached hydrogen (secondary N) is 2. The number of rotatable bonds is 2. The smallest absolute Gasteiger partial charge is 0.228 e. The van der Waals surface area contributed by atoms with E-state index in [9.17, 15) is 4.79 Å². The third-order valence-electron chi connectivity index (χ3n) is 2.93. The predicted molar refractivity (Wildman–Crippen MR) is 67.3 cm³/mol. The molecule has 2 aromatic rings. The normalized spacial score (nSPS) is 13.3. The fourth-order valence-electron chi connectivity index (χ4n) is 2.12. The Morgan fingerprint density at radius 2 is 2.22 bits per heavy atom. The van der Waals surface area contributed by atoms with Gasteiger partial charge in [0.1, 0.15) is 11.6 Å². The highest BCUT2D eigenvalue weighted by Crippen LogP contribution is 2.37. The summed E-state index contributed by atoms with van der Waals surface area (Å²) < 4.78 is 5.24. The van der Waals surface area contributed by atoms with Crippen molar-refractivity contribution < 1.29 is 9.53 Å². The van der Waals surface area contributed by atoms with Crippen molar-refractivity contribution in [2.24, 2.45) is 0 Å². The van der Waals surface area contributed by atoms with Crippen molar-refractivity contribution in [3.8, 4) is 17.0 Å². The highest BCUT2D eigenvalue weighted by Gasteiger charge is 2.23. The molecule has 0 aliphatic carbocycles. The molecule has 1 aromatic heterocycles. The number of benzene rings is 1. The van der Waals surface area contributed by atoms with E-state index in [0.717, 1.165) is 22.5 Å². The monoisotopic (exact) mass is 244 g/mol. The van der Waals surface area contributed by atoms with Crippen LogP contribution in [0.25, 0.3) is 11.3 Å². The van der Waals surface area contributed by atoms with E-state index >= 15 is 0 Å². The number of aromatic amines is 1. The lowest BCUT2D eigenvalue weighted by Gasteiger charge is -2.09.